The van der Waals surface area contributed by atoms with E-state index >= 15 is 0 Å². The third-order valence-corrected chi connectivity index (χ3v) is 14.1. The predicted octanol–water partition coefficient (Wildman–Crippen LogP) is 14.5. The molecule has 0 amide bonds. The lowest BCUT2D eigenvalue weighted by molar-refractivity contribution is 0.661. The number of para-hydroxylation sites is 2. The van der Waals surface area contributed by atoms with Crippen molar-refractivity contribution < 1.29 is 0 Å². The van der Waals surface area contributed by atoms with Crippen molar-refractivity contribution >= 4 is 66.2 Å². The van der Waals surface area contributed by atoms with E-state index in [0.29, 0.717) is 0 Å². The SMILES string of the molecule is CC1(C)c2ccccc2-c2cc3c4cc(-c5ccc6c(c5)c5cc7c(cc5n6-c5ccccc5)C(C)(I)c5ccccc5-7)ccc4n(-c4ccccc4)c3cc21. The lowest BCUT2D eigenvalue weighted by atomic mass is 9.82. The molecule has 2 heterocycles. The Hall–Kier alpha value is -5.91. The molecule has 10 aromatic rings. The molecule has 0 saturated carbocycles. The Labute approximate surface area is 339 Å². The number of rotatable bonds is 3. The lowest BCUT2D eigenvalue weighted by Gasteiger charge is -2.21. The van der Waals surface area contributed by atoms with Gasteiger partial charge in [-0.1, -0.05) is 134 Å². The first-order valence-electron chi connectivity index (χ1n) is 19.5. The number of halogens is 1. The summed E-state index contributed by atoms with van der Waals surface area (Å²) in [5.41, 5.74) is 20.6. The molecule has 56 heavy (non-hydrogen) atoms. The third-order valence-electron chi connectivity index (χ3n) is 13.0. The standard InChI is InChI=1S/C53H37IN2/c1-52(2)44-20-12-10-18-36(44)38-28-42-40-26-32(22-24-48(40)55(50(42)30-46(38)52)34-14-6-4-7-15-34)33-23-25-49-41(27-33)43-29-39-37-19-11-13-21-45(37)53(3,54)47(39)31-51(43)56(49)35-16-8-5-9-17-35/h4-31H,1-3H3. The molecular formula is C53H37IN2. The largest absolute Gasteiger partial charge is 0.309 e. The maximum Gasteiger partial charge on any atom is 0.0703 e. The average molecular weight is 829 g/mol. The van der Waals surface area contributed by atoms with Crippen LogP contribution >= 0.6 is 22.6 Å². The van der Waals surface area contributed by atoms with Gasteiger partial charge in [0.25, 0.3) is 0 Å². The van der Waals surface area contributed by atoms with Crippen LogP contribution in [0.5, 0.6) is 0 Å². The van der Waals surface area contributed by atoms with Gasteiger partial charge in [-0.2, -0.15) is 0 Å². The van der Waals surface area contributed by atoms with Crippen LogP contribution in [0.15, 0.2) is 170 Å². The Balaban J connectivity index is 1.11. The van der Waals surface area contributed by atoms with Crippen LogP contribution in [0.3, 0.4) is 0 Å². The molecule has 2 aliphatic carbocycles. The van der Waals surface area contributed by atoms with Gasteiger partial charge in [-0.25, -0.2) is 0 Å². The number of aromatic nitrogens is 2. The molecular weight excluding hydrogens is 792 g/mol. The zero-order valence-corrected chi connectivity index (χ0v) is 33.6. The summed E-state index contributed by atoms with van der Waals surface area (Å²) in [6.07, 6.45) is 0. The highest BCUT2D eigenvalue weighted by Crippen LogP contribution is 2.55. The van der Waals surface area contributed by atoms with Gasteiger partial charge >= 0.3 is 0 Å². The van der Waals surface area contributed by atoms with Crippen molar-refractivity contribution in [2.75, 3.05) is 0 Å². The number of nitrogens with zero attached hydrogens (tertiary/aromatic N) is 2. The van der Waals surface area contributed by atoms with E-state index < -0.39 is 0 Å². The van der Waals surface area contributed by atoms with E-state index in [1.807, 2.05) is 0 Å². The molecule has 1 atom stereocenters. The smallest absolute Gasteiger partial charge is 0.0703 e. The normalized spacial score (nSPS) is 16.4. The van der Waals surface area contributed by atoms with Crippen LogP contribution in [0, 0.1) is 0 Å². The van der Waals surface area contributed by atoms with Crippen LogP contribution in [0.1, 0.15) is 43.0 Å². The highest BCUT2D eigenvalue weighted by atomic mass is 127. The second-order valence-corrected chi connectivity index (χ2v) is 18.5. The number of fused-ring (bicyclic) bond motifs is 12. The van der Waals surface area contributed by atoms with E-state index in [9.17, 15) is 0 Å². The maximum atomic E-state index is 2.66. The van der Waals surface area contributed by atoms with E-state index in [2.05, 4.69) is 222 Å². The van der Waals surface area contributed by atoms with Crippen molar-refractivity contribution in [2.24, 2.45) is 0 Å². The topological polar surface area (TPSA) is 9.86 Å². The Morgan fingerprint density at radius 3 is 1.34 bits per heavy atom. The number of benzene rings is 8. The Morgan fingerprint density at radius 2 is 0.786 bits per heavy atom. The minimum atomic E-state index is -0.104. The fourth-order valence-electron chi connectivity index (χ4n) is 10.2. The van der Waals surface area contributed by atoms with Gasteiger partial charge in [0.15, 0.2) is 0 Å². The lowest BCUT2D eigenvalue weighted by Crippen LogP contribution is -2.14. The van der Waals surface area contributed by atoms with Gasteiger partial charge in [-0.05, 0) is 135 Å². The summed E-state index contributed by atoms with van der Waals surface area (Å²) >= 11 is 2.66. The molecule has 8 aromatic carbocycles. The van der Waals surface area contributed by atoms with Gasteiger partial charge in [0, 0.05) is 38.3 Å². The summed E-state index contributed by atoms with van der Waals surface area (Å²) in [5.74, 6) is 0. The first kappa shape index (κ1) is 32.3. The molecule has 2 aromatic heterocycles. The van der Waals surface area contributed by atoms with E-state index in [0.717, 1.165) is 0 Å². The average Bonchev–Trinajstić information content (AvgIpc) is 3.88. The molecule has 12 rings (SSSR count). The van der Waals surface area contributed by atoms with Gasteiger partial charge in [0.1, 0.15) is 0 Å². The summed E-state index contributed by atoms with van der Waals surface area (Å²) in [4.78, 5) is 0. The molecule has 0 fully saturated rings. The fraction of sp³-hybridized carbons (Fsp3) is 0.0943. The molecule has 0 N–H and O–H groups in total. The van der Waals surface area contributed by atoms with Crippen molar-refractivity contribution in [3.8, 4) is 44.8 Å². The van der Waals surface area contributed by atoms with Crippen LogP contribution in [0.25, 0.3) is 88.4 Å². The monoisotopic (exact) mass is 828 g/mol. The van der Waals surface area contributed by atoms with Crippen LogP contribution in [-0.4, -0.2) is 9.13 Å². The first-order valence-corrected chi connectivity index (χ1v) is 20.6. The molecule has 2 nitrogen and oxygen atoms in total. The second-order valence-electron chi connectivity index (χ2n) is 16.4. The molecule has 0 radical (unpaired) electrons. The summed E-state index contributed by atoms with van der Waals surface area (Å²) in [7, 11) is 0. The summed E-state index contributed by atoms with van der Waals surface area (Å²) in [6.45, 7) is 7.10. The van der Waals surface area contributed by atoms with Crippen molar-refractivity contribution in [2.45, 2.75) is 29.6 Å². The second kappa shape index (κ2) is 11.3. The Kier molecular flexibility index (Phi) is 6.55. The summed E-state index contributed by atoms with van der Waals surface area (Å²) < 4.78 is 4.82. The molecule has 2 aliphatic rings. The highest BCUT2D eigenvalue weighted by molar-refractivity contribution is 14.1. The van der Waals surface area contributed by atoms with Gasteiger partial charge < -0.3 is 9.13 Å². The Morgan fingerprint density at radius 1 is 0.357 bits per heavy atom. The van der Waals surface area contributed by atoms with Crippen LogP contribution in [0.4, 0.5) is 0 Å². The molecule has 0 bridgehead atoms. The number of alkyl halides is 1. The molecule has 1 unspecified atom stereocenters. The first-order chi connectivity index (χ1) is 27.3. The minimum Gasteiger partial charge on any atom is -0.309 e. The molecule has 266 valence electrons. The Bertz CT molecular complexity index is 3070. The third kappa shape index (κ3) is 4.27. The summed E-state index contributed by atoms with van der Waals surface area (Å²) in [6, 6.07) is 63.6. The van der Waals surface area contributed by atoms with Crippen molar-refractivity contribution in [3.05, 3.63) is 192 Å². The number of hydrogen-bond donors (Lipinski definition) is 0. The van der Waals surface area contributed by atoms with E-state index in [1.54, 1.807) is 0 Å². The molecule has 3 heteroatoms. The zero-order valence-electron chi connectivity index (χ0n) is 31.4. The van der Waals surface area contributed by atoms with Gasteiger partial charge in [0.2, 0.25) is 0 Å². The van der Waals surface area contributed by atoms with Crippen LogP contribution in [-0.2, 0) is 8.84 Å². The number of hydrogen-bond acceptors (Lipinski definition) is 0. The van der Waals surface area contributed by atoms with Gasteiger partial charge in [0.05, 0.1) is 25.5 Å². The maximum absolute atomic E-state index is 2.66. The van der Waals surface area contributed by atoms with Gasteiger partial charge in [-0.15, -0.1) is 0 Å². The van der Waals surface area contributed by atoms with Crippen LogP contribution < -0.4 is 0 Å². The van der Waals surface area contributed by atoms with Crippen molar-refractivity contribution in [3.63, 3.8) is 0 Å². The van der Waals surface area contributed by atoms with E-state index in [1.165, 1.54) is 111 Å². The summed E-state index contributed by atoms with van der Waals surface area (Å²) in [5, 5.41) is 5.11. The molecule has 0 saturated heterocycles. The zero-order chi connectivity index (χ0) is 37.5. The van der Waals surface area contributed by atoms with E-state index in [4.69, 9.17) is 0 Å². The van der Waals surface area contributed by atoms with E-state index in [-0.39, 0.29) is 8.84 Å². The minimum absolute atomic E-state index is 0.0743. The quantitative estimate of drug-likeness (QED) is 0.124. The van der Waals surface area contributed by atoms with Crippen molar-refractivity contribution in [1.82, 2.24) is 9.13 Å². The molecule has 0 aliphatic heterocycles. The van der Waals surface area contributed by atoms with Gasteiger partial charge in [-0.3, -0.25) is 0 Å². The van der Waals surface area contributed by atoms with Crippen molar-refractivity contribution in [1.29, 1.82) is 0 Å². The highest BCUT2D eigenvalue weighted by Gasteiger charge is 2.38. The predicted molar refractivity (Wildman–Crippen MR) is 244 cm³/mol. The van der Waals surface area contributed by atoms with Crippen LogP contribution in [0.2, 0.25) is 0 Å². The molecule has 0 spiro atoms. The fourth-order valence-corrected chi connectivity index (χ4v) is 11.1.